The molecular weight excluding hydrogens is 188 g/mol. The largest absolute Gasteiger partial charge is 0.299 e. The van der Waals surface area contributed by atoms with Crippen LogP contribution in [0.15, 0.2) is 11.6 Å². The molecule has 0 unspecified atom stereocenters. The Bertz CT molecular complexity index is 367. The molecule has 80 valence electrons. The van der Waals surface area contributed by atoms with E-state index >= 15 is 0 Å². The number of allylic oxidation sites excluding steroid dienone is 2. The average Bonchev–Trinajstić information content (AvgIpc) is 2.94. The Balaban J connectivity index is 1.86. The Morgan fingerprint density at radius 1 is 1.33 bits per heavy atom. The van der Waals surface area contributed by atoms with E-state index in [1.54, 1.807) is 0 Å². The van der Waals surface area contributed by atoms with Crippen LogP contribution in [0.1, 0.15) is 44.9 Å². The highest BCUT2D eigenvalue weighted by atomic mass is 16.2. The van der Waals surface area contributed by atoms with Crippen molar-refractivity contribution in [2.45, 2.75) is 44.9 Å². The fourth-order valence-corrected chi connectivity index (χ4v) is 3.28. The third kappa shape index (κ3) is 1.17. The Kier molecular flexibility index (Phi) is 1.88. The van der Waals surface area contributed by atoms with Crippen LogP contribution in [-0.2, 0) is 9.59 Å². The molecule has 0 spiro atoms. The van der Waals surface area contributed by atoms with Crippen molar-refractivity contribution in [1.82, 2.24) is 0 Å². The summed E-state index contributed by atoms with van der Waals surface area (Å²) >= 11 is 0. The van der Waals surface area contributed by atoms with Crippen molar-refractivity contribution in [3.63, 3.8) is 0 Å². The smallest absolute Gasteiger partial charge is 0.172 e. The van der Waals surface area contributed by atoms with Crippen molar-refractivity contribution < 1.29 is 9.59 Å². The highest BCUT2D eigenvalue weighted by molar-refractivity contribution is 6.18. The van der Waals surface area contributed by atoms with Gasteiger partial charge in [-0.05, 0) is 50.0 Å². The van der Waals surface area contributed by atoms with E-state index in [0.717, 1.165) is 37.7 Å². The van der Waals surface area contributed by atoms with Crippen molar-refractivity contribution in [3.05, 3.63) is 11.6 Å². The van der Waals surface area contributed by atoms with Gasteiger partial charge in [0, 0.05) is 6.42 Å². The molecule has 2 atom stereocenters. The molecule has 0 aliphatic heterocycles. The van der Waals surface area contributed by atoms with Crippen molar-refractivity contribution in [2.75, 3.05) is 0 Å². The molecule has 0 aromatic heterocycles. The average molecular weight is 204 g/mol. The van der Waals surface area contributed by atoms with Crippen LogP contribution in [0.3, 0.4) is 0 Å². The minimum absolute atomic E-state index is 0.190. The maximum atomic E-state index is 12.3. The molecule has 3 rings (SSSR count). The zero-order chi connectivity index (χ0) is 10.5. The number of hydrogen-bond acceptors (Lipinski definition) is 2. The summed E-state index contributed by atoms with van der Waals surface area (Å²) in [6, 6.07) is 0. The summed E-state index contributed by atoms with van der Waals surface area (Å²) < 4.78 is 0. The number of hydrogen-bond donors (Lipinski definition) is 0. The van der Waals surface area contributed by atoms with Crippen molar-refractivity contribution >= 4 is 11.6 Å². The Hall–Kier alpha value is -0.920. The number of ketones is 2. The lowest BCUT2D eigenvalue weighted by Gasteiger charge is -2.16. The molecule has 0 amide bonds. The number of rotatable bonds is 2. The van der Waals surface area contributed by atoms with Gasteiger partial charge in [0.15, 0.2) is 5.78 Å². The molecule has 0 aromatic rings. The van der Waals surface area contributed by atoms with Crippen molar-refractivity contribution in [2.24, 2.45) is 11.3 Å². The third-order valence-corrected chi connectivity index (χ3v) is 4.31. The molecule has 0 heterocycles. The summed E-state index contributed by atoms with van der Waals surface area (Å²) in [6.07, 6.45) is 8.76. The van der Waals surface area contributed by atoms with Gasteiger partial charge in [0.1, 0.15) is 5.78 Å². The lowest BCUT2D eigenvalue weighted by molar-refractivity contribution is -0.131. The maximum Gasteiger partial charge on any atom is 0.172 e. The van der Waals surface area contributed by atoms with E-state index in [2.05, 4.69) is 6.08 Å². The number of carbonyl (C=O) groups excluding carboxylic acids is 2. The van der Waals surface area contributed by atoms with Crippen LogP contribution < -0.4 is 0 Å². The second-order valence-corrected chi connectivity index (χ2v) is 5.14. The Morgan fingerprint density at radius 3 is 2.73 bits per heavy atom. The van der Waals surface area contributed by atoms with Crippen LogP contribution in [0.4, 0.5) is 0 Å². The lowest BCUT2D eigenvalue weighted by atomic mass is 9.86. The van der Waals surface area contributed by atoms with Gasteiger partial charge in [-0.2, -0.15) is 0 Å². The second kappa shape index (κ2) is 3.03. The molecule has 0 N–H and O–H groups in total. The quantitative estimate of drug-likeness (QED) is 0.647. The van der Waals surface area contributed by atoms with Gasteiger partial charge in [-0.25, -0.2) is 0 Å². The molecule has 2 fully saturated rings. The zero-order valence-electron chi connectivity index (χ0n) is 8.92. The van der Waals surface area contributed by atoms with E-state index < -0.39 is 5.41 Å². The van der Waals surface area contributed by atoms with Gasteiger partial charge in [0.05, 0.1) is 5.41 Å². The predicted octanol–water partition coefficient (Wildman–Crippen LogP) is 2.43. The van der Waals surface area contributed by atoms with Crippen LogP contribution in [0.5, 0.6) is 0 Å². The summed E-state index contributed by atoms with van der Waals surface area (Å²) in [7, 11) is 0. The normalized spacial score (nSPS) is 38.5. The lowest BCUT2D eigenvalue weighted by Crippen LogP contribution is -2.26. The number of carbonyl (C=O) groups is 2. The first kappa shape index (κ1) is 9.32. The van der Waals surface area contributed by atoms with Crippen LogP contribution in [0.2, 0.25) is 0 Å². The molecule has 2 saturated carbocycles. The van der Waals surface area contributed by atoms with Crippen LogP contribution in [0.25, 0.3) is 0 Å². The van der Waals surface area contributed by atoms with E-state index in [0.29, 0.717) is 12.3 Å². The summed E-state index contributed by atoms with van der Waals surface area (Å²) in [4.78, 5) is 24.1. The molecular formula is C13H16O2. The van der Waals surface area contributed by atoms with E-state index in [1.807, 2.05) is 0 Å². The van der Waals surface area contributed by atoms with Crippen LogP contribution in [-0.4, -0.2) is 11.6 Å². The highest BCUT2D eigenvalue weighted by Gasteiger charge is 2.67. The van der Waals surface area contributed by atoms with Gasteiger partial charge >= 0.3 is 0 Å². The van der Waals surface area contributed by atoms with E-state index in [9.17, 15) is 9.59 Å². The minimum Gasteiger partial charge on any atom is -0.299 e. The first-order valence-electron chi connectivity index (χ1n) is 6.02. The highest BCUT2D eigenvalue weighted by Crippen LogP contribution is 2.63. The molecule has 0 radical (unpaired) electrons. The topological polar surface area (TPSA) is 34.1 Å². The number of fused-ring (bicyclic) bond motifs is 1. The summed E-state index contributed by atoms with van der Waals surface area (Å²) in [6.45, 7) is 0. The van der Waals surface area contributed by atoms with Gasteiger partial charge in [0.2, 0.25) is 0 Å². The molecule has 3 aliphatic carbocycles. The number of Topliss-reactive ketones (excluding diaryl/α,β-unsaturated/α-hetero) is 2. The predicted molar refractivity (Wildman–Crippen MR) is 56.3 cm³/mol. The fourth-order valence-electron chi connectivity index (χ4n) is 3.28. The van der Waals surface area contributed by atoms with Crippen molar-refractivity contribution in [1.29, 1.82) is 0 Å². The molecule has 0 bridgehead atoms. The monoisotopic (exact) mass is 204 g/mol. The van der Waals surface area contributed by atoms with Gasteiger partial charge in [-0.15, -0.1) is 0 Å². The van der Waals surface area contributed by atoms with Crippen LogP contribution >= 0.6 is 0 Å². The molecule has 3 aliphatic rings. The fraction of sp³-hybridized carbons (Fsp3) is 0.692. The first-order valence-corrected chi connectivity index (χ1v) is 6.02. The zero-order valence-corrected chi connectivity index (χ0v) is 8.92. The van der Waals surface area contributed by atoms with E-state index in [4.69, 9.17) is 0 Å². The Labute approximate surface area is 89.7 Å². The standard InChI is InChI=1S/C13H16O2/c14-11-7-6-10-8-13(10,11)12(15)9-4-2-1-3-5-9/h4,10H,1-3,5-8H2/t10-,13-/m0/s1. The van der Waals surface area contributed by atoms with Gasteiger partial charge in [0.25, 0.3) is 0 Å². The SMILES string of the molecule is O=C1CC[C@H]2C[C@@]12C(=O)C1=CCCCC1. The van der Waals surface area contributed by atoms with Gasteiger partial charge < -0.3 is 0 Å². The van der Waals surface area contributed by atoms with Crippen molar-refractivity contribution in [3.8, 4) is 0 Å². The van der Waals surface area contributed by atoms with Crippen LogP contribution in [0, 0.1) is 11.3 Å². The summed E-state index contributed by atoms with van der Waals surface area (Å²) in [5.41, 5.74) is 0.447. The molecule has 15 heavy (non-hydrogen) atoms. The molecule has 2 nitrogen and oxygen atoms in total. The van der Waals surface area contributed by atoms with Gasteiger partial charge in [-0.3, -0.25) is 9.59 Å². The molecule has 2 heteroatoms. The third-order valence-electron chi connectivity index (χ3n) is 4.31. The first-order chi connectivity index (χ1) is 7.25. The minimum atomic E-state index is -0.511. The van der Waals surface area contributed by atoms with E-state index in [1.165, 1.54) is 6.42 Å². The van der Waals surface area contributed by atoms with Gasteiger partial charge in [-0.1, -0.05) is 6.08 Å². The second-order valence-electron chi connectivity index (χ2n) is 5.14. The summed E-state index contributed by atoms with van der Waals surface area (Å²) in [5, 5.41) is 0. The Morgan fingerprint density at radius 2 is 2.20 bits per heavy atom. The maximum absolute atomic E-state index is 12.3. The van der Waals surface area contributed by atoms with E-state index in [-0.39, 0.29) is 11.6 Å². The molecule has 0 saturated heterocycles. The summed E-state index contributed by atoms with van der Waals surface area (Å²) in [5.74, 6) is 0.819. The molecule has 0 aromatic carbocycles.